The second-order valence-electron chi connectivity index (χ2n) is 7.06. The number of ether oxygens (including phenoxy) is 2. The summed E-state index contributed by atoms with van der Waals surface area (Å²) in [6, 6.07) is 9.11. The van der Waals surface area contributed by atoms with Crippen LogP contribution in [0.4, 0.5) is 0 Å². The number of hydrogen-bond acceptors (Lipinski definition) is 3. The lowest BCUT2D eigenvalue weighted by atomic mass is 10.1. The average Bonchev–Trinajstić information content (AvgIpc) is 3.20. The van der Waals surface area contributed by atoms with Gasteiger partial charge in [0.15, 0.2) is 5.96 Å². The van der Waals surface area contributed by atoms with E-state index in [4.69, 9.17) is 9.47 Å². The van der Waals surface area contributed by atoms with Gasteiger partial charge in [0.1, 0.15) is 0 Å². The van der Waals surface area contributed by atoms with Gasteiger partial charge in [-0.25, -0.2) is 0 Å². The van der Waals surface area contributed by atoms with Crippen LogP contribution in [0.3, 0.4) is 0 Å². The molecule has 3 rings (SSSR count). The third-order valence-electron chi connectivity index (χ3n) is 4.85. The molecule has 2 aliphatic rings. The van der Waals surface area contributed by atoms with Gasteiger partial charge in [-0.1, -0.05) is 28.1 Å². The maximum atomic E-state index is 5.74. The lowest BCUT2D eigenvalue weighted by molar-refractivity contribution is 0.0893. The van der Waals surface area contributed by atoms with Gasteiger partial charge in [0.05, 0.1) is 13.2 Å². The van der Waals surface area contributed by atoms with Gasteiger partial charge in [0, 0.05) is 48.7 Å². The molecule has 144 valence electrons. The number of guanidine groups is 1. The van der Waals surface area contributed by atoms with E-state index in [1.807, 2.05) is 0 Å². The van der Waals surface area contributed by atoms with E-state index in [0.717, 1.165) is 62.8 Å². The summed E-state index contributed by atoms with van der Waals surface area (Å²) < 4.78 is 12.2. The smallest absolute Gasteiger partial charge is 0.191 e. The van der Waals surface area contributed by atoms with Crippen molar-refractivity contribution < 1.29 is 9.47 Å². The lowest BCUT2D eigenvalue weighted by Gasteiger charge is -2.12. The zero-order valence-corrected chi connectivity index (χ0v) is 17.1. The molecule has 2 fully saturated rings. The largest absolute Gasteiger partial charge is 0.381 e. The third-order valence-corrected chi connectivity index (χ3v) is 5.38. The molecule has 0 spiro atoms. The maximum absolute atomic E-state index is 5.74. The van der Waals surface area contributed by atoms with E-state index in [2.05, 4.69) is 62.7 Å². The summed E-state index contributed by atoms with van der Waals surface area (Å²) in [5.41, 5.74) is 1.39. The fourth-order valence-corrected chi connectivity index (χ4v) is 3.52. The SMILES string of the molecule is CCNC(=NCCCOCC1CCOC1)NC1CC1c1ccc(Br)cc1. The highest BCUT2D eigenvalue weighted by molar-refractivity contribution is 9.10. The monoisotopic (exact) mass is 423 g/mol. The van der Waals surface area contributed by atoms with Crippen LogP contribution in [0.1, 0.15) is 37.7 Å². The molecule has 0 amide bonds. The first-order valence-corrected chi connectivity index (χ1v) is 10.5. The summed E-state index contributed by atoms with van der Waals surface area (Å²) in [4.78, 5) is 4.69. The number of halogens is 1. The topological polar surface area (TPSA) is 54.9 Å². The first-order valence-electron chi connectivity index (χ1n) is 9.72. The highest BCUT2D eigenvalue weighted by atomic mass is 79.9. The summed E-state index contributed by atoms with van der Waals surface area (Å²) in [6.07, 6.45) is 3.25. The molecule has 3 unspecified atom stereocenters. The van der Waals surface area contributed by atoms with Crippen molar-refractivity contribution in [1.82, 2.24) is 10.6 Å². The van der Waals surface area contributed by atoms with Gasteiger partial charge < -0.3 is 20.1 Å². The molecule has 1 saturated carbocycles. The normalized spacial score (nSPS) is 25.3. The Morgan fingerprint density at radius 1 is 1.35 bits per heavy atom. The van der Waals surface area contributed by atoms with Crippen molar-refractivity contribution in [1.29, 1.82) is 0 Å². The van der Waals surface area contributed by atoms with Gasteiger partial charge in [-0.15, -0.1) is 0 Å². The van der Waals surface area contributed by atoms with Crippen molar-refractivity contribution in [2.45, 2.75) is 38.1 Å². The van der Waals surface area contributed by atoms with Gasteiger partial charge in [0.25, 0.3) is 0 Å². The molecule has 1 heterocycles. The molecule has 1 aromatic rings. The second-order valence-corrected chi connectivity index (χ2v) is 7.98. The van der Waals surface area contributed by atoms with E-state index in [1.54, 1.807) is 0 Å². The van der Waals surface area contributed by atoms with Crippen LogP contribution in [0, 0.1) is 5.92 Å². The minimum atomic E-state index is 0.479. The highest BCUT2D eigenvalue weighted by Crippen LogP contribution is 2.40. The van der Waals surface area contributed by atoms with Crippen LogP contribution in [0.5, 0.6) is 0 Å². The van der Waals surface area contributed by atoms with E-state index in [-0.39, 0.29) is 0 Å². The van der Waals surface area contributed by atoms with Crippen LogP contribution in [-0.2, 0) is 9.47 Å². The van der Waals surface area contributed by atoms with Gasteiger partial charge >= 0.3 is 0 Å². The van der Waals surface area contributed by atoms with Gasteiger partial charge in [-0.3, -0.25) is 4.99 Å². The van der Waals surface area contributed by atoms with Crippen LogP contribution in [0.15, 0.2) is 33.7 Å². The van der Waals surface area contributed by atoms with Crippen molar-refractivity contribution in [3.05, 3.63) is 34.3 Å². The molecule has 3 atom stereocenters. The summed E-state index contributed by atoms with van der Waals surface area (Å²) >= 11 is 3.50. The summed E-state index contributed by atoms with van der Waals surface area (Å²) in [6.45, 7) is 7.09. The molecule has 1 aromatic carbocycles. The van der Waals surface area contributed by atoms with Gasteiger partial charge in [-0.2, -0.15) is 0 Å². The third kappa shape index (κ3) is 6.25. The van der Waals surface area contributed by atoms with Crippen LogP contribution in [0.25, 0.3) is 0 Å². The van der Waals surface area contributed by atoms with E-state index in [0.29, 0.717) is 17.9 Å². The van der Waals surface area contributed by atoms with Gasteiger partial charge in [-0.05, 0) is 43.9 Å². The van der Waals surface area contributed by atoms with Crippen LogP contribution in [0.2, 0.25) is 0 Å². The van der Waals surface area contributed by atoms with Crippen LogP contribution < -0.4 is 10.6 Å². The van der Waals surface area contributed by atoms with Crippen LogP contribution >= 0.6 is 15.9 Å². The second kappa shape index (κ2) is 10.3. The minimum Gasteiger partial charge on any atom is -0.381 e. The lowest BCUT2D eigenvalue weighted by Crippen LogP contribution is -2.39. The quantitative estimate of drug-likeness (QED) is 0.363. The fraction of sp³-hybridized carbons (Fsp3) is 0.650. The van der Waals surface area contributed by atoms with E-state index in [1.165, 1.54) is 12.0 Å². The van der Waals surface area contributed by atoms with E-state index >= 15 is 0 Å². The first-order chi connectivity index (χ1) is 12.8. The van der Waals surface area contributed by atoms with Crippen molar-refractivity contribution >= 4 is 21.9 Å². The zero-order chi connectivity index (χ0) is 18.2. The molecule has 0 radical (unpaired) electrons. The Balaban J connectivity index is 1.35. The Bertz CT molecular complexity index is 573. The molecule has 6 heteroatoms. The number of rotatable bonds is 9. The minimum absolute atomic E-state index is 0.479. The Morgan fingerprint density at radius 2 is 2.19 bits per heavy atom. The molecule has 5 nitrogen and oxygen atoms in total. The van der Waals surface area contributed by atoms with Crippen LogP contribution in [-0.4, -0.2) is 51.5 Å². The number of benzene rings is 1. The number of aliphatic imine (C=N–C) groups is 1. The predicted molar refractivity (Wildman–Crippen MR) is 109 cm³/mol. The Morgan fingerprint density at radius 3 is 2.92 bits per heavy atom. The molecule has 0 aromatic heterocycles. The first kappa shape index (κ1) is 19.6. The van der Waals surface area contributed by atoms with Crippen molar-refractivity contribution in [2.75, 3.05) is 39.5 Å². The summed E-state index contributed by atoms with van der Waals surface area (Å²) in [5.74, 6) is 2.09. The number of nitrogens with one attached hydrogen (secondary N) is 2. The number of hydrogen-bond donors (Lipinski definition) is 2. The maximum Gasteiger partial charge on any atom is 0.191 e. The molecule has 1 saturated heterocycles. The van der Waals surface area contributed by atoms with Crippen molar-refractivity contribution in [3.8, 4) is 0 Å². The fourth-order valence-electron chi connectivity index (χ4n) is 3.25. The van der Waals surface area contributed by atoms with E-state index < -0.39 is 0 Å². The Labute approximate surface area is 165 Å². The zero-order valence-electron chi connectivity index (χ0n) is 15.5. The van der Waals surface area contributed by atoms with Gasteiger partial charge in [0.2, 0.25) is 0 Å². The molecule has 26 heavy (non-hydrogen) atoms. The molecular formula is C20H30BrN3O2. The highest BCUT2D eigenvalue weighted by Gasteiger charge is 2.38. The molecule has 2 N–H and O–H groups in total. The number of nitrogens with zero attached hydrogens (tertiary/aromatic N) is 1. The standard InChI is InChI=1S/C20H30BrN3O2/c1-2-22-20(23-9-3-10-25-13-15-8-11-26-14-15)24-19-12-18(19)16-4-6-17(21)7-5-16/h4-7,15,18-19H,2-3,8-14H2,1H3,(H2,22,23,24). The summed E-state index contributed by atoms with van der Waals surface area (Å²) in [5, 5.41) is 6.91. The van der Waals surface area contributed by atoms with E-state index in [9.17, 15) is 0 Å². The Hall–Kier alpha value is -1.11. The average molecular weight is 424 g/mol. The molecule has 1 aliphatic carbocycles. The molecular weight excluding hydrogens is 394 g/mol. The molecule has 1 aliphatic heterocycles. The van der Waals surface area contributed by atoms with Crippen molar-refractivity contribution in [2.24, 2.45) is 10.9 Å². The summed E-state index contributed by atoms with van der Waals surface area (Å²) in [7, 11) is 0. The Kier molecular flexibility index (Phi) is 7.77. The predicted octanol–water partition coefficient (Wildman–Crippen LogP) is 3.30. The molecule has 0 bridgehead atoms. The van der Waals surface area contributed by atoms with Crippen molar-refractivity contribution in [3.63, 3.8) is 0 Å².